The van der Waals surface area contributed by atoms with Gasteiger partial charge in [-0.3, -0.25) is 4.55 Å². The Balaban J connectivity index is 0.000000976. The van der Waals surface area contributed by atoms with Crippen molar-refractivity contribution in [2.45, 2.75) is 46.3 Å². The summed E-state index contributed by atoms with van der Waals surface area (Å²) in [7, 11) is -3.67. The summed E-state index contributed by atoms with van der Waals surface area (Å²) in [4.78, 5) is 25.5. The van der Waals surface area contributed by atoms with Crippen LogP contribution in [0.2, 0.25) is 0 Å². The van der Waals surface area contributed by atoms with Gasteiger partial charge < -0.3 is 19.9 Å². The third kappa shape index (κ3) is 11.8. The fourth-order valence-corrected chi connectivity index (χ4v) is 3.28. The van der Waals surface area contributed by atoms with Crippen molar-refractivity contribution in [2.75, 3.05) is 12.8 Å². The van der Waals surface area contributed by atoms with Crippen molar-refractivity contribution in [2.24, 2.45) is 0 Å². The fraction of sp³-hybridized carbons (Fsp3) is 0.310. The zero-order valence-electron chi connectivity index (χ0n) is 22.9. The van der Waals surface area contributed by atoms with E-state index >= 15 is 0 Å². The van der Waals surface area contributed by atoms with Crippen molar-refractivity contribution < 1.29 is 37.1 Å². The Hall–Kier alpha value is -3.57. The Kier molecular flexibility index (Phi) is 10.9. The van der Waals surface area contributed by atoms with Crippen LogP contribution in [0.5, 0.6) is 11.5 Å². The molecule has 0 fully saturated rings. The lowest BCUT2D eigenvalue weighted by Crippen LogP contribution is -2.38. The van der Waals surface area contributed by atoms with Crippen LogP contribution in [0, 0.1) is 13.8 Å². The first-order valence-corrected chi connectivity index (χ1v) is 13.9. The Bertz CT molecular complexity index is 1400. The van der Waals surface area contributed by atoms with E-state index in [4.69, 9.17) is 14.0 Å². The smallest absolute Gasteiger partial charge is 0.343 e. The maximum absolute atomic E-state index is 12.8. The number of benzene rings is 3. The van der Waals surface area contributed by atoms with E-state index in [0.717, 1.165) is 11.1 Å². The van der Waals surface area contributed by atoms with E-state index in [9.17, 15) is 23.1 Å². The third-order valence-corrected chi connectivity index (χ3v) is 5.09. The molecule has 3 rings (SSSR count). The lowest BCUT2D eigenvalue weighted by Gasteiger charge is -2.23. The molecule has 0 spiro atoms. The first-order valence-electron chi connectivity index (χ1n) is 12.1. The highest BCUT2D eigenvalue weighted by atomic mass is 32.2. The average molecular weight is 558 g/mol. The number of ether oxygens (including phenoxy) is 2. The van der Waals surface area contributed by atoms with E-state index in [1.54, 1.807) is 42.5 Å². The Morgan fingerprint density at radius 3 is 1.74 bits per heavy atom. The van der Waals surface area contributed by atoms with Gasteiger partial charge in [0, 0.05) is 12.1 Å². The minimum atomic E-state index is -3.67. The number of hydrogen-bond acceptors (Lipinski definition) is 8. The van der Waals surface area contributed by atoms with Crippen LogP contribution in [0.15, 0.2) is 66.7 Å². The number of aliphatic hydroxyl groups excluding tert-OH is 1. The number of aliphatic hydroxyl groups is 1. The molecule has 3 aromatic rings. The number of rotatable bonds is 7. The number of β-amino-alcohol motifs (C(OH)–C–C–N with tert-alkyl or cyclic N) is 1. The predicted molar refractivity (Wildman–Crippen MR) is 149 cm³/mol. The van der Waals surface area contributed by atoms with Gasteiger partial charge in [0.05, 0.1) is 23.5 Å². The first kappa shape index (κ1) is 31.6. The predicted octanol–water partition coefficient (Wildman–Crippen LogP) is 4.67. The molecular formula is C29H35NO8S. The second-order valence-corrected chi connectivity index (χ2v) is 11.6. The molecule has 0 aliphatic rings. The van der Waals surface area contributed by atoms with Crippen LogP contribution in [0.4, 0.5) is 0 Å². The molecule has 1 unspecified atom stereocenters. The van der Waals surface area contributed by atoms with Crippen LogP contribution in [0.3, 0.4) is 0 Å². The molecule has 39 heavy (non-hydrogen) atoms. The largest absolute Gasteiger partial charge is 0.419 e. The van der Waals surface area contributed by atoms with Crippen LogP contribution in [0.1, 0.15) is 64.3 Å². The van der Waals surface area contributed by atoms with Gasteiger partial charge >= 0.3 is 11.9 Å². The van der Waals surface area contributed by atoms with Gasteiger partial charge in [0.1, 0.15) is 0 Å². The number of hydrogen-bond donors (Lipinski definition) is 3. The molecule has 0 saturated carbocycles. The molecular weight excluding hydrogens is 522 g/mol. The molecule has 0 radical (unpaired) electrons. The van der Waals surface area contributed by atoms with Gasteiger partial charge in [-0.2, -0.15) is 8.42 Å². The summed E-state index contributed by atoms with van der Waals surface area (Å²) in [6.07, 6.45) is -0.135. The van der Waals surface area contributed by atoms with Gasteiger partial charge in [0.25, 0.3) is 10.1 Å². The summed E-state index contributed by atoms with van der Waals surface area (Å²) in [6, 6.07) is 18.8. The lowest BCUT2D eigenvalue weighted by molar-refractivity contribution is 0.0681. The van der Waals surface area contributed by atoms with E-state index in [-0.39, 0.29) is 17.0 Å². The lowest BCUT2D eigenvalue weighted by atomic mass is 10.1. The molecule has 0 amide bonds. The van der Waals surface area contributed by atoms with Crippen LogP contribution in [0.25, 0.3) is 0 Å². The molecule has 1 atom stereocenters. The van der Waals surface area contributed by atoms with E-state index < -0.39 is 28.2 Å². The van der Waals surface area contributed by atoms with Crippen molar-refractivity contribution in [3.05, 3.63) is 94.5 Å². The van der Waals surface area contributed by atoms with Crippen LogP contribution in [-0.2, 0) is 10.1 Å². The van der Waals surface area contributed by atoms with Crippen molar-refractivity contribution in [1.82, 2.24) is 5.32 Å². The van der Waals surface area contributed by atoms with Gasteiger partial charge in [-0.05, 0) is 76.6 Å². The second-order valence-electron chi connectivity index (χ2n) is 10.1. The Labute approximate surface area is 229 Å². The SMILES string of the molecule is CS(=O)(=O)O.Cc1cccc(C(=O)Oc2ccc(C(O)CNC(C)(C)C)cc2OC(=O)c2cccc(C)c2)c1. The Morgan fingerprint density at radius 2 is 1.31 bits per heavy atom. The molecule has 0 heterocycles. The highest BCUT2D eigenvalue weighted by Gasteiger charge is 2.20. The van der Waals surface area contributed by atoms with E-state index in [2.05, 4.69) is 5.32 Å². The van der Waals surface area contributed by atoms with E-state index in [1.165, 1.54) is 12.1 Å². The van der Waals surface area contributed by atoms with Gasteiger partial charge in [-0.15, -0.1) is 0 Å². The van der Waals surface area contributed by atoms with Crippen LogP contribution >= 0.6 is 0 Å². The molecule has 0 aromatic heterocycles. The summed E-state index contributed by atoms with van der Waals surface area (Å²) in [5.74, 6) is -1.01. The summed E-state index contributed by atoms with van der Waals surface area (Å²) in [6.45, 7) is 10.1. The molecule has 0 bridgehead atoms. The molecule has 210 valence electrons. The highest BCUT2D eigenvalue weighted by molar-refractivity contribution is 7.85. The monoisotopic (exact) mass is 557 g/mol. The molecule has 10 heteroatoms. The van der Waals surface area contributed by atoms with Gasteiger partial charge in [0.15, 0.2) is 11.5 Å². The number of aryl methyl sites for hydroxylation is 2. The first-order chi connectivity index (χ1) is 18.0. The van der Waals surface area contributed by atoms with Gasteiger partial charge in [-0.1, -0.05) is 41.5 Å². The minimum absolute atomic E-state index is 0.0554. The van der Waals surface area contributed by atoms with Crippen molar-refractivity contribution in [1.29, 1.82) is 0 Å². The quantitative estimate of drug-likeness (QED) is 0.215. The molecule has 3 aromatic carbocycles. The molecule has 9 nitrogen and oxygen atoms in total. The molecule has 0 aliphatic carbocycles. The minimum Gasteiger partial charge on any atom is -0.419 e. The van der Waals surface area contributed by atoms with Crippen LogP contribution in [-0.4, -0.2) is 48.4 Å². The van der Waals surface area contributed by atoms with Crippen LogP contribution < -0.4 is 14.8 Å². The molecule has 0 aliphatic heterocycles. The average Bonchev–Trinajstić information content (AvgIpc) is 2.82. The van der Waals surface area contributed by atoms with E-state index in [1.807, 2.05) is 46.8 Å². The second kappa shape index (κ2) is 13.5. The maximum Gasteiger partial charge on any atom is 0.343 e. The van der Waals surface area contributed by atoms with Gasteiger partial charge in [-0.25, -0.2) is 9.59 Å². The summed E-state index contributed by atoms with van der Waals surface area (Å²) >= 11 is 0. The number of esters is 2. The number of nitrogens with one attached hydrogen (secondary N) is 1. The van der Waals surface area contributed by atoms with Crippen molar-refractivity contribution >= 4 is 22.1 Å². The summed E-state index contributed by atoms with van der Waals surface area (Å²) in [5.41, 5.74) is 2.94. The maximum atomic E-state index is 12.8. The van der Waals surface area contributed by atoms with E-state index in [0.29, 0.717) is 29.5 Å². The zero-order chi connectivity index (χ0) is 29.4. The fourth-order valence-electron chi connectivity index (χ4n) is 3.28. The topological polar surface area (TPSA) is 139 Å². The Morgan fingerprint density at radius 1 is 0.846 bits per heavy atom. The normalized spacial score (nSPS) is 12.1. The summed E-state index contributed by atoms with van der Waals surface area (Å²) < 4.78 is 37.1. The molecule has 0 saturated heterocycles. The highest BCUT2D eigenvalue weighted by Crippen LogP contribution is 2.32. The van der Waals surface area contributed by atoms with Crippen molar-refractivity contribution in [3.63, 3.8) is 0 Å². The van der Waals surface area contributed by atoms with Crippen molar-refractivity contribution in [3.8, 4) is 11.5 Å². The van der Waals surface area contributed by atoms with Gasteiger partial charge in [0.2, 0.25) is 0 Å². The third-order valence-electron chi connectivity index (χ3n) is 5.09. The summed E-state index contributed by atoms with van der Waals surface area (Å²) in [5, 5.41) is 13.9. The molecule has 3 N–H and O–H groups in total. The number of carbonyl (C=O) groups excluding carboxylic acids is 2. The standard InChI is InChI=1S/C28H31NO5.CH4O3S/c1-18-8-6-10-21(14-18)26(31)33-24-13-12-20(23(30)17-29-28(3,4)5)16-25(24)34-27(32)22-11-7-9-19(2)15-22;1-5(2,3)4/h6-16,23,29-30H,17H2,1-5H3;1H3,(H,2,3,4). The zero-order valence-corrected chi connectivity index (χ0v) is 23.7. The number of carbonyl (C=O) groups is 2.